The van der Waals surface area contributed by atoms with Crippen LogP contribution in [0.2, 0.25) is 0 Å². The summed E-state index contributed by atoms with van der Waals surface area (Å²) in [5.41, 5.74) is 2.83. The van der Waals surface area contributed by atoms with Crippen molar-refractivity contribution in [3.8, 4) is 0 Å². The van der Waals surface area contributed by atoms with Crippen molar-refractivity contribution in [1.29, 1.82) is 0 Å². The van der Waals surface area contributed by atoms with E-state index in [1.165, 1.54) is 6.20 Å². The zero-order chi connectivity index (χ0) is 19.9. The Morgan fingerprint density at radius 3 is 2.68 bits per heavy atom. The van der Waals surface area contributed by atoms with E-state index in [1.807, 2.05) is 37.3 Å². The van der Waals surface area contributed by atoms with Crippen molar-refractivity contribution in [1.82, 2.24) is 4.98 Å². The molecule has 0 N–H and O–H groups in total. The lowest BCUT2D eigenvalue weighted by atomic mass is 10.1. The van der Waals surface area contributed by atoms with Gasteiger partial charge in [-0.2, -0.15) is 0 Å². The van der Waals surface area contributed by atoms with E-state index in [0.717, 1.165) is 47.9 Å². The lowest BCUT2D eigenvalue weighted by Crippen LogP contribution is -2.40. The monoisotopic (exact) mass is 397 g/mol. The molecule has 0 unspecified atom stereocenters. The minimum atomic E-state index is -0.482. The molecule has 0 amide bonds. The summed E-state index contributed by atoms with van der Waals surface area (Å²) in [4.78, 5) is 16.4. The molecule has 0 bridgehead atoms. The summed E-state index contributed by atoms with van der Waals surface area (Å²) in [6.45, 7) is 6.80. The molecular weight excluding hydrogens is 376 g/mol. The third-order valence-electron chi connectivity index (χ3n) is 4.24. The highest BCUT2D eigenvalue weighted by Crippen LogP contribution is 2.30. The fourth-order valence-corrected chi connectivity index (χ4v) is 3.28. The summed E-state index contributed by atoms with van der Waals surface area (Å²) in [5.74, 6) is 0. The van der Waals surface area contributed by atoms with Crippen LogP contribution in [-0.2, 0) is 6.54 Å². The van der Waals surface area contributed by atoms with Crippen LogP contribution in [0.1, 0.15) is 12.5 Å². The molecule has 28 heavy (non-hydrogen) atoms. The van der Waals surface area contributed by atoms with E-state index in [-0.39, 0.29) is 10.1 Å². The first kappa shape index (κ1) is 19.6. The Balaban J connectivity index is 1.69. The van der Waals surface area contributed by atoms with E-state index < -0.39 is 4.92 Å². The fourth-order valence-electron chi connectivity index (χ4n) is 2.72. The normalized spacial score (nSPS) is 11.1. The van der Waals surface area contributed by atoms with Crippen molar-refractivity contribution in [2.45, 2.75) is 20.4 Å². The molecule has 8 nitrogen and oxygen atoms in total. The van der Waals surface area contributed by atoms with Gasteiger partial charge in [-0.05, 0) is 48.9 Å². The number of hydrogen-bond acceptors (Lipinski definition) is 7. The third kappa shape index (κ3) is 4.95. The summed E-state index contributed by atoms with van der Waals surface area (Å²) < 4.78 is 2.16. The van der Waals surface area contributed by atoms with E-state index in [9.17, 15) is 10.1 Å². The predicted octanol–water partition coefficient (Wildman–Crippen LogP) is 4.59. The molecule has 0 saturated carbocycles. The van der Waals surface area contributed by atoms with Gasteiger partial charge in [-0.25, -0.2) is 9.55 Å². The molecular formula is C19H21N6O2S+. The number of anilines is 1. The van der Waals surface area contributed by atoms with Crippen LogP contribution in [0.3, 0.4) is 0 Å². The zero-order valence-corrected chi connectivity index (χ0v) is 16.5. The van der Waals surface area contributed by atoms with Crippen LogP contribution < -0.4 is 9.47 Å². The van der Waals surface area contributed by atoms with Crippen molar-refractivity contribution in [3.05, 3.63) is 70.7 Å². The lowest BCUT2D eigenvalue weighted by molar-refractivity contribution is -0.694. The molecule has 2 heterocycles. The van der Waals surface area contributed by atoms with Crippen molar-refractivity contribution in [2.24, 2.45) is 10.2 Å². The van der Waals surface area contributed by atoms with Gasteiger partial charge in [-0.15, -0.1) is 10.2 Å². The number of aryl methyl sites for hydroxylation is 1. The highest BCUT2D eigenvalue weighted by atomic mass is 32.1. The average Bonchev–Trinajstić information content (AvgIpc) is 3.18. The standard InChI is InChI=1S/C19H21N6O2S/c1-3-24(12-11-23-9-5-4-6-10-23)16-7-8-17(15(2)13-16)21-22-19-20-14-18(28-19)25(26)27/h4-10,13-14H,3,11-12H2,1-2H3/q+1. The molecule has 0 fully saturated rings. The van der Waals surface area contributed by atoms with Crippen molar-refractivity contribution >= 4 is 32.8 Å². The van der Waals surface area contributed by atoms with E-state index in [0.29, 0.717) is 0 Å². The second kappa shape index (κ2) is 9.14. The highest BCUT2D eigenvalue weighted by Gasteiger charge is 2.12. The van der Waals surface area contributed by atoms with Gasteiger partial charge in [0.1, 0.15) is 6.20 Å². The van der Waals surface area contributed by atoms with Crippen LogP contribution in [0.25, 0.3) is 0 Å². The molecule has 1 aromatic carbocycles. The second-order valence-corrected chi connectivity index (χ2v) is 7.09. The molecule has 2 aromatic heterocycles. The molecule has 0 aliphatic rings. The average molecular weight is 397 g/mol. The highest BCUT2D eigenvalue weighted by molar-refractivity contribution is 7.18. The topological polar surface area (TPSA) is 87.9 Å². The van der Waals surface area contributed by atoms with Crippen molar-refractivity contribution in [3.63, 3.8) is 0 Å². The molecule has 9 heteroatoms. The number of aromatic nitrogens is 2. The Labute approximate surface area is 167 Å². The van der Waals surface area contributed by atoms with E-state index >= 15 is 0 Å². The van der Waals surface area contributed by atoms with Crippen LogP contribution in [-0.4, -0.2) is 23.0 Å². The Morgan fingerprint density at radius 2 is 2.04 bits per heavy atom. The first-order valence-corrected chi connectivity index (χ1v) is 9.70. The number of likely N-dealkylation sites (N-methyl/N-ethyl adjacent to an activating group) is 1. The lowest BCUT2D eigenvalue weighted by Gasteiger charge is -2.22. The van der Waals surface area contributed by atoms with Gasteiger partial charge in [0.15, 0.2) is 18.9 Å². The molecule has 144 valence electrons. The van der Waals surface area contributed by atoms with E-state index in [4.69, 9.17) is 0 Å². The Bertz CT molecular complexity index is 974. The maximum atomic E-state index is 10.7. The SMILES string of the molecule is CCN(CC[n+]1ccccc1)c1ccc(N=Nc2ncc([N+](=O)[O-])s2)c(C)c1. The van der Waals surface area contributed by atoms with Gasteiger partial charge in [-0.3, -0.25) is 10.1 Å². The number of benzene rings is 1. The number of azo groups is 1. The zero-order valence-electron chi connectivity index (χ0n) is 15.7. The largest absolute Gasteiger partial charge is 0.365 e. The van der Waals surface area contributed by atoms with E-state index in [2.05, 4.69) is 50.1 Å². The second-order valence-electron chi connectivity index (χ2n) is 6.10. The quantitative estimate of drug-likeness (QED) is 0.241. The molecule has 0 saturated heterocycles. The minimum Gasteiger partial charge on any atom is -0.365 e. The number of nitrogens with zero attached hydrogens (tertiary/aromatic N) is 6. The van der Waals surface area contributed by atoms with Gasteiger partial charge in [0.2, 0.25) is 5.13 Å². The smallest absolute Gasteiger partial charge is 0.345 e. The minimum absolute atomic E-state index is 0.0455. The summed E-state index contributed by atoms with van der Waals surface area (Å²) in [7, 11) is 0. The van der Waals surface area contributed by atoms with Gasteiger partial charge >= 0.3 is 5.00 Å². The predicted molar refractivity (Wildman–Crippen MR) is 109 cm³/mol. The summed E-state index contributed by atoms with van der Waals surface area (Å²) in [5, 5.41) is 19.2. The van der Waals surface area contributed by atoms with Crippen LogP contribution in [0.4, 0.5) is 21.5 Å². The van der Waals surface area contributed by atoms with Gasteiger partial charge in [-0.1, -0.05) is 6.07 Å². The Kier molecular flexibility index (Phi) is 6.38. The van der Waals surface area contributed by atoms with Gasteiger partial charge in [0, 0.05) is 24.4 Å². The maximum Gasteiger partial charge on any atom is 0.345 e. The first-order valence-electron chi connectivity index (χ1n) is 8.88. The molecule has 0 aliphatic carbocycles. The van der Waals surface area contributed by atoms with E-state index in [1.54, 1.807) is 0 Å². The molecule has 3 aromatic rings. The van der Waals surface area contributed by atoms with Crippen LogP contribution in [0, 0.1) is 17.0 Å². The summed E-state index contributed by atoms with van der Waals surface area (Å²) in [6.07, 6.45) is 5.32. The van der Waals surface area contributed by atoms with Gasteiger partial charge in [0.25, 0.3) is 0 Å². The third-order valence-corrected chi connectivity index (χ3v) is 5.07. The number of nitro groups is 1. The fraction of sp³-hybridized carbons (Fsp3) is 0.263. The number of pyridine rings is 1. The molecule has 0 aliphatic heterocycles. The molecule has 0 radical (unpaired) electrons. The van der Waals surface area contributed by atoms with Crippen LogP contribution >= 0.6 is 11.3 Å². The number of thiazole rings is 1. The van der Waals surface area contributed by atoms with Crippen LogP contribution in [0.5, 0.6) is 0 Å². The van der Waals surface area contributed by atoms with Crippen molar-refractivity contribution < 1.29 is 9.49 Å². The number of hydrogen-bond donors (Lipinski definition) is 0. The Hall–Kier alpha value is -3.20. The molecule has 0 spiro atoms. The molecule has 3 rings (SSSR count). The molecule has 0 atom stereocenters. The first-order chi connectivity index (χ1) is 13.6. The Morgan fingerprint density at radius 1 is 1.25 bits per heavy atom. The van der Waals surface area contributed by atoms with Gasteiger partial charge < -0.3 is 4.90 Å². The number of rotatable bonds is 8. The van der Waals surface area contributed by atoms with Gasteiger partial charge in [0.05, 0.1) is 17.2 Å². The summed E-state index contributed by atoms with van der Waals surface area (Å²) in [6, 6.07) is 12.1. The van der Waals surface area contributed by atoms with Crippen LogP contribution in [0.15, 0.2) is 65.2 Å². The summed E-state index contributed by atoms with van der Waals surface area (Å²) >= 11 is 0.901. The maximum absolute atomic E-state index is 10.7. The van der Waals surface area contributed by atoms with Crippen molar-refractivity contribution in [2.75, 3.05) is 18.0 Å².